The van der Waals surface area contributed by atoms with E-state index in [0.29, 0.717) is 6.92 Å². The Labute approximate surface area is 108 Å². The number of esters is 2. The normalized spacial score (nSPS) is 12.0. The van der Waals surface area contributed by atoms with Crippen LogP contribution in [-0.4, -0.2) is 49.8 Å². The third-order valence-electron chi connectivity index (χ3n) is 1.69. The van der Waals surface area contributed by atoms with Crippen molar-refractivity contribution in [2.75, 3.05) is 19.0 Å². The Kier molecular flexibility index (Phi) is 6.84. The third-order valence-corrected chi connectivity index (χ3v) is 2.29. The number of hydrogen-bond donors (Lipinski definition) is 1. The number of carbonyl (C=O) groups excluding carboxylic acids is 2. The van der Waals surface area contributed by atoms with Gasteiger partial charge in [0.25, 0.3) is 10.1 Å². The second kappa shape index (κ2) is 7.34. The van der Waals surface area contributed by atoms with E-state index in [-0.39, 0.29) is 26.1 Å². The topological polar surface area (TPSA) is 107 Å². The first-order chi connectivity index (χ1) is 8.52. The Bertz CT molecular complexity index is 413. The number of ether oxygens (including phenoxy) is 2. The monoisotopic (exact) mass is 304 g/mol. The van der Waals surface area contributed by atoms with Crippen molar-refractivity contribution >= 4 is 22.1 Å². The average Bonchev–Trinajstić information content (AvgIpc) is 2.18. The molecule has 0 aliphatic heterocycles. The first kappa shape index (κ1) is 17.7. The van der Waals surface area contributed by atoms with Crippen LogP contribution in [-0.2, 0) is 29.2 Å². The van der Waals surface area contributed by atoms with Crippen LogP contribution in [0.15, 0.2) is 0 Å². The maximum Gasteiger partial charge on any atom is 0.376 e. The van der Waals surface area contributed by atoms with Crippen molar-refractivity contribution in [1.82, 2.24) is 0 Å². The molecule has 0 heterocycles. The number of alkyl halides is 2. The number of unbranched alkanes of at least 4 members (excludes halogenated alkanes) is 1. The van der Waals surface area contributed by atoms with Gasteiger partial charge in [0.1, 0.15) is 0 Å². The number of carbonyl (C=O) groups is 2. The highest BCUT2D eigenvalue weighted by Crippen LogP contribution is 2.13. The van der Waals surface area contributed by atoms with E-state index in [4.69, 9.17) is 4.55 Å². The number of hydrogen-bond acceptors (Lipinski definition) is 6. The van der Waals surface area contributed by atoms with E-state index < -0.39 is 33.7 Å². The molecule has 0 amide bonds. The lowest BCUT2D eigenvalue weighted by molar-refractivity contribution is -0.169. The minimum atomic E-state index is -4.43. The Morgan fingerprint density at radius 3 is 2.05 bits per heavy atom. The molecule has 1 N–H and O–H groups in total. The number of halogens is 2. The third kappa shape index (κ3) is 10.3. The highest BCUT2D eigenvalue weighted by atomic mass is 32.2. The van der Waals surface area contributed by atoms with E-state index in [0.717, 1.165) is 0 Å². The van der Waals surface area contributed by atoms with E-state index in [2.05, 4.69) is 9.47 Å². The smallest absolute Gasteiger partial charge is 0.376 e. The fourth-order valence-electron chi connectivity index (χ4n) is 0.872. The van der Waals surface area contributed by atoms with Crippen LogP contribution in [0.25, 0.3) is 0 Å². The van der Waals surface area contributed by atoms with Gasteiger partial charge >= 0.3 is 17.9 Å². The molecule has 0 rings (SSSR count). The van der Waals surface area contributed by atoms with Gasteiger partial charge in [-0.25, -0.2) is 4.79 Å². The van der Waals surface area contributed by atoms with Gasteiger partial charge < -0.3 is 9.47 Å². The molecule has 19 heavy (non-hydrogen) atoms. The van der Waals surface area contributed by atoms with E-state index in [9.17, 15) is 26.8 Å². The van der Waals surface area contributed by atoms with Gasteiger partial charge in [-0.05, 0) is 12.8 Å². The largest absolute Gasteiger partial charge is 0.465 e. The first-order valence-corrected chi connectivity index (χ1v) is 6.79. The molecule has 0 aromatic carbocycles. The molecule has 0 bridgehead atoms. The zero-order valence-electron chi connectivity index (χ0n) is 10.1. The van der Waals surface area contributed by atoms with Gasteiger partial charge in [-0.2, -0.15) is 17.2 Å². The Morgan fingerprint density at radius 2 is 1.63 bits per heavy atom. The van der Waals surface area contributed by atoms with Gasteiger partial charge in [-0.3, -0.25) is 9.35 Å². The Morgan fingerprint density at radius 1 is 1.16 bits per heavy atom. The van der Waals surface area contributed by atoms with E-state index >= 15 is 0 Å². The van der Waals surface area contributed by atoms with Crippen LogP contribution in [0.1, 0.15) is 19.8 Å². The fourth-order valence-corrected chi connectivity index (χ4v) is 1.25. The van der Waals surface area contributed by atoms with E-state index in [1.54, 1.807) is 0 Å². The molecular weight excluding hydrogens is 290 g/mol. The lowest BCUT2D eigenvalue weighted by Crippen LogP contribution is -2.27. The van der Waals surface area contributed by atoms with Gasteiger partial charge in [0, 0.05) is 6.92 Å². The van der Waals surface area contributed by atoms with Crippen LogP contribution >= 0.6 is 0 Å². The molecule has 0 aromatic heterocycles. The number of rotatable bonds is 8. The van der Waals surface area contributed by atoms with Crippen LogP contribution in [0.3, 0.4) is 0 Å². The van der Waals surface area contributed by atoms with Crippen molar-refractivity contribution in [2.24, 2.45) is 0 Å². The summed E-state index contributed by atoms with van der Waals surface area (Å²) in [7, 11) is -4.43. The van der Waals surface area contributed by atoms with E-state index in [1.165, 1.54) is 0 Å². The van der Waals surface area contributed by atoms with Crippen molar-refractivity contribution in [1.29, 1.82) is 0 Å². The predicted octanol–water partition coefficient (Wildman–Crippen LogP) is 0.396. The molecule has 0 saturated heterocycles. The molecule has 0 saturated carbocycles. The zero-order chi connectivity index (χ0) is 15.1. The van der Waals surface area contributed by atoms with Gasteiger partial charge in [0.05, 0.1) is 13.2 Å². The van der Waals surface area contributed by atoms with E-state index in [1.807, 2.05) is 0 Å². The summed E-state index contributed by atoms with van der Waals surface area (Å²) in [5.41, 5.74) is 0. The molecule has 0 fully saturated rings. The summed E-state index contributed by atoms with van der Waals surface area (Å²) in [5.74, 6) is -7.47. The average molecular weight is 304 g/mol. The summed E-state index contributed by atoms with van der Waals surface area (Å²) in [6.45, 7) is -0.0288. The Balaban J connectivity index is 3.62. The molecule has 0 aromatic rings. The standard InChI is InChI=1S/C9H14F2O7S/c1-9(10,11)8(13)18-5-3-2-4-17-7(12)6-19(14,15)16/h2-6H2,1H3,(H,14,15,16). The summed E-state index contributed by atoms with van der Waals surface area (Å²) in [5, 5.41) is 0. The maximum atomic E-state index is 12.3. The minimum absolute atomic E-state index is 0.168. The first-order valence-electron chi connectivity index (χ1n) is 5.18. The molecule has 7 nitrogen and oxygen atoms in total. The minimum Gasteiger partial charge on any atom is -0.465 e. The van der Waals surface area contributed by atoms with Crippen molar-refractivity contribution < 1.29 is 40.8 Å². The lowest BCUT2D eigenvalue weighted by atomic mass is 10.3. The lowest BCUT2D eigenvalue weighted by Gasteiger charge is -2.09. The highest BCUT2D eigenvalue weighted by Gasteiger charge is 2.33. The SMILES string of the molecule is CC(F)(F)C(=O)OCCCCOC(=O)CS(=O)(=O)O. The second-order valence-corrected chi connectivity index (χ2v) is 5.13. The van der Waals surface area contributed by atoms with Crippen LogP contribution < -0.4 is 0 Å². The van der Waals surface area contributed by atoms with Crippen LogP contribution in [0.5, 0.6) is 0 Å². The van der Waals surface area contributed by atoms with Crippen LogP contribution in [0.4, 0.5) is 8.78 Å². The summed E-state index contributed by atoms with van der Waals surface area (Å²) in [6, 6.07) is 0. The van der Waals surface area contributed by atoms with Crippen LogP contribution in [0, 0.1) is 0 Å². The summed E-state index contributed by atoms with van der Waals surface area (Å²) in [6.07, 6.45) is 0.362. The molecule has 0 aliphatic rings. The van der Waals surface area contributed by atoms with Crippen molar-refractivity contribution in [3.63, 3.8) is 0 Å². The van der Waals surface area contributed by atoms with Crippen molar-refractivity contribution in [2.45, 2.75) is 25.7 Å². The highest BCUT2D eigenvalue weighted by molar-refractivity contribution is 7.86. The molecule has 0 unspecified atom stereocenters. The quantitative estimate of drug-likeness (QED) is 0.393. The fraction of sp³-hybridized carbons (Fsp3) is 0.778. The van der Waals surface area contributed by atoms with Crippen molar-refractivity contribution in [3.8, 4) is 0 Å². The summed E-state index contributed by atoms with van der Waals surface area (Å²) >= 11 is 0. The molecule has 0 aliphatic carbocycles. The Hall–Kier alpha value is -1.29. The second-order valence-electron chi connectivity index (χ2n) is 3.68. The summed E-state index contributed by atoms with van der Waals surface area (Å²) < 4.78 is 62.2. The van der Waals surface area contributed by atoms with Gasteiger partial charge in [-0.1, -0.05) is 0 Å². The van der Waals surface area contributed by atoms with Crippen molar-refractivity contribution in [3.05, 3.63) is 0 Å². The van der Waals surface area contributed by atoms with Crippen LogP contribution in [0.2, 0.25) is 0 Å². The predicted molar refractivity (Wildman–Crippen MR) is 58.2 cm³/mol. The molecule has 0 radical (unpaired) electrons. The molecule has 10 heteroatoms. The molecular formula is C9H14F2O7S. The maximum absolute atomic E-state index is 12.3. The molecule has 112 valence electrons. The van der Waals surface area contributed by atoms with Gasteiger partial charge in [-0.15, -0.1) is 0 Å². The van der Waals surface area contributed by atoms with Gasteiger partial charge in [0.15, 0.2) is 5.75 Å². The molecule has 0 spiro atoms. The summed E-state index contributed by atoms with van der Waals surface area (Å²) in [4.78, 5) is 21.4. The zero-order valence-corrected chi connectivity index (χ0v) is 10.9. The van der Waals surface area contributed by atoms with Gasteiger partial charge in [0.2, 0.25) is 0 Å². The molecule has 0 atom stereocenters.